The summed E-state index contributed by atoms with van der Waals surface area (Å²) in [6.07, 6.45) is 1.50. The zero-order chi connectivity index (χ0) is 21.7. The van der Waals surface area contributed by atoms with Crippen LogP contribution in [0.4, 0.5) is 5.13 Å². The number of para-hydroxylation sites is 1. The topological polar surface area (TPSA) is 80.7 Å². The van der Waals surface area contributed by atoms with Gasteiger partial charge in [0.05, 0.1) is 11.9 Å². The predicted molar refractivity (Wildman–Crippen MR) is 127 cm³/mol. The third-order valence-corrected chi connectivity index (χ3v) is 6.68. The number of nitrogens with one attached hydrogen (secondary N) is 1. The molecule has 0 aliphatic heterocycles. The maximum absolute atomic E-state index is 12.5. The minimum absolute atomic E-state index is 0.0862. The second kappa shape index (κ2) is 9.42. The van der Waals surface area contributed by atoms with Crippen molar-refractivity contribution in [2.75, 3.05) is 5.43 Å². The summed E-state index contributed by atoms with van der Waals surface area (Å²) in [7, 11) is -3.94. The van der Waals surface area contributed by atoms with E-state index in [-0.39, 0.29) is 10.6 Å². The number of aromatic nitrogens is 1. The lowest BCUT2D eigenvalue weighted by atomic mass is 10.2. The fourth-order valence-corrected chi connectivity index (χ4v) is 4.56. The Hall–Kier alpha value is -3.01. The second-order valence-electron chi connectivity index (χ2n) is 6.30. The van der Waals surface area contributed by atoms with Crippen LogP contribution < -0.4 is 9.61 Å². The van der Waals surface area contributed by atoms with Crippen LogP contribution in [0.25, 0.3) is 11.3 Å². The smallest absolute Gasteiger partial charge is 0.339 e. The average Bonchev–Trinajstić information content (AvgIpc) is 3.25. The van der Waals surface area contributed by atoms with Crippen molar-refractivity contribution >= 4 is 48.7 Å². The summed E-state index contributed by atoms with van der Waals surface area (Å²) in [5.74, 6) is 0.187. The van der Waals surface area contributed by atoms with E-state index in [4.69, 9.17) is 4.18 Å². The molecule has 156 valence electrons. The van der Waals surface area contributed by atoms with E-state index in [1.165, 1.54) is 29.7 Å². The molecule has 0 aliphatic rings. The average molecular weight is 514 g/mol. The highest BCUT2D eigenvalue weighted by molar-refractivity contribution is 9.10. The van der Waals surface area contributed by atoms with Crippen molar-refractivity contribution in [1.82, 2.24) is 4.98 Å². The molecule has 0 saturated carbocycles. The third-order valence-electron chi connectivity index (χ3n) is 4.16. The van der Waals surface area contributed by atoms with Crippen LogP contribution in [0.2, 0.25) is 0 Å². The zero-order valence-corrected chi connectivity index (χ0v) is 19.2. The van der Waals surface area contributed by atoms with Crippen LogP contribution in [0.15, 0.2) is 98.7 Å². The highest BCUT2D eigenvalue weighted by Crippen LogP contribution is 2.26. The number of anilines is 1. The summed E-state index contributed by atoms with van der Waals surface area (Å²) < 4.78 is 31.4. The molecule has 0 aliphatic carbocycles. The first kappa shape index (κ1) is 21.2. The maximum Gasteiger partial charge on any atom is 0.339 e. The molecule has 0 atom stereocenters. The number of benzene rings is 3. The third kappa shape index (κ3) is 5.38. The fraction of sp³-hybridized carbons (Fsp3) is 0. The van der Waals surface area contributed by atoms with E-state index in [0.29, 0.717) is 10.7 Å². The summed E-state index contributed by atoms with van der Waals surface area (Å²) in [6.45, 7) is 0. The molecule has 1 aromatic heterocycles. The maximum atomic E-state index is 12.5. The van der Waals surface area contributed by atoms with Crippen LogP contribution in [-0.2, 0) is 10.1 Å². The molecule has 0 bridgehead atoms. The van der Waals surface area contributed by atoms with Gasteiger partial charge < -0.3 is 4.18 Å². The summed E-state index contributed by atoms with van der Waals surface area (Å²) in [5.41, 5.74) is 5.23. The number of rotatable bonds is 7. The molecule has 0 saturated heterocycles. The van der Waals surface area contributed by atoms with Gasteiger partial charge in [0.25, 0.3) is 0 Å². The Balaban J connectivity index is 1.47. The number of halogens is 1. The van der Waals surface area contributed by atoms with Gasteiger partial charge >= 0.3 is 10.1 Å². The van der Waals surface area contributed by atoms with Crippen LogP contribution >= 0.6 is 27.3 Å². The molecule has 0 unspecified atom stereocenters. The van der Waals surface area contributed by atoms with E-state index in [0.717, 1.165) is 15.7 Å². The lowest BCUT2D eigenvalue weighted by Gasteiger charge is -2.09. The summed E-state index contributed by atoms with van der Waals surface area (Å²) in [5, 5.41) is 6.74. The molecule has 6 nitrogen and oxygen atoms in total. The van der Waals surface area contributed by atoms with Gasteiger partial charge in [0, 0.05) is 21.0 Å². The number of nitrogens with zero attached hydrogens (tertiary/aromatic N) is 2. The Kier molecular flexibility index (Phi) is 6.45. The van der Waals surface area contributed by atoms with Crippen molar-refractivity contribution in [2.45, 2.75) is 4.90 Å². The van der Waals surface area contributed by atoms with Gasteiger partial charge in [-0.15, -0.1) is 11.3 Å². The Morgan fingerprint density at radius 1 is 0.968 bits per heavy atom. The van der Waals surface area contributed by atoms with E-state index in [2.05, 4.69) is 31.4 Å². The quantitative estimate of drug-likeness (QED) is 0.192. The first-order valence-corrected chi connectivity index (χ1v) is 12.2. The SMILES string of the molecule is O=S(=O)(Oc1ccccc1/C=N\Nc1nc(-c2ccc(Br)cc2)cs1)c1ccccc1. The predicted octanol–water partition coefficient (Wildman–Crippen LogP) is 5.79. The number of hydrogen-bond acceptors (Lipinski definition) is 7. The summed E-state index contributed by atoms with van der Waals surface area (Å²) >= 11 is 4.84. The van der Waals surface area contributed by atoms with Gasteiger partial charge in [-0.3, -0.25) is 5.43 Å². The molecule has 31 heavy (non-hydrogen) atoms. The molecule has 3 aromatic carbocycles. The van der Waals surface area contributed by atoms with Gasteiger partial charge in [0.15, 0.2) is 5.75 Å². The highest BCUT2D eigenvalue weighted by Gasteiger charge is 2.17. The van der Waals surface area contributed by atoms with E-state index in [1.807, 2.05) is 29.6 Å². The minimum Gasteiger partial charge on any atom is -0.378 e. The first-order valence-electron chi connectivity index (χ1n) is 9.10. The van der Waals surface area contributed by atoms with Crippen molar-refractivity contribution in [3.8, 4) is 17.0 Å². The van der Waals surface area contributed by atoms with Gasteiger partial charge in [-0.1, -0.05) is 58.4 Å². The van der Waals surface area contributed by atoms with E-state index >= 15 is 0 Å². The van der Waals surface area contributed by atoms with Gasteiger partial charge in [-0.05, 0) is 36.4 Å². The monoisotopic (exact) mass is 513 g/mol. The normalized spacial score (nSPS) is 11.5. The van der Waals surface area contributed by atoms with Crippen LogP contribution in [0.1, 0.15) is 5.56 Å². The lowest BCUT2D eigenvalue weighted by Crippen LogP contribution is -2.10. The van der Waals surface area contributed by atoms with Gasteiger partial charge in [0.1, 0.15) is 4.90 Å². The molecular formula is C22H16BrN3O3S2. The summed E-state index contributed by atoms with van der Waals surface area (Å²) in [6, 6.07) is 22.6. The van der Waals surface area contributed by atoms with Crippen molar-refractivity contribution < 1.29 is 12.6 Å². The Bertz CT molecular complexity index is 1310. The molecule has 0 fully saturated rings. The minimum atomic E-state index is -3.94. The molecule has 0 radical (unpaired) electrons. The number of thiazole rings is 1. The molecule has 1 N–H and O–H groups in total. The van der Waals surface area contributed by atoms with E-state index < -0.39 is 10.1 Å². The van der Waals surface area contributed by atoms with Crippen molar-refractivity contribution in [3.63, 3.8) is 0 Å². The Morgan fingerprint density at radius 3 is 2.45 bits per heavy atom. The van der Waals surface area contributed by atoms with Crippen LogP contribution in [0.5, 0.6) is 5.75 Å². The second-order valence-corrected chi connectivity index (χ2v) is 9.62. The van der Waals surface area contributed by atoms with Crippen molar-refractivity contribution in [3.05, 3.63) is 94.3 Å². The standard InChI is InChI=1S/C22H16BrN3O3S2/c23-18-12-10-16(11-13-18)20-15-30-22(25-20)26-24-14-17-6-4-5-9-21(17)29-31(27,28)19-7-2-1-3-8-19/h1-15H,(H,25,26)/b24-14-. The van der Waals surface area contributed by atoms with Crippen LogP contribution in [0.3, 0.4) is 0 Å². The molecule has 4 aromatic rings. The summed E-state index contributed by atoms with van der Waals surface area (Å²) in [4.78, 5) is 4.60. The molecule has 0 spiro atoms. The fourth-order valence-electron chi connectivity index (χ4n) is 2.65. The zero-order valence-electron chi connectivity index (χ0n) is 16.0. The highest BCUT2D eigenvalue weighted by atomic mass is 79.9. The van der Waals surface area contributed by atoms with Crippen molar-refractivity contribution in [2.24, 2.45) is 5.10 Å². The van der Waals surface area contributed by atoms with Gasteiger partial charge in [-0.2, -0.15) is 13.5 Å². The molecular weight excluding hydrogens is 498 g/mol. The number of hydrogen-bond donors (Lipinski definition) is 1. The first-order chi connectivity index (χ1) is 15.0. The van der Waals surface area contributed by atoms with Crippen LogP contribution in [-0.4, -0.2) is 19.6 Å². The molecule has 9 heteroatoms. The Labute approximate surface area is 192 Å². The molecule has 0 amide bonds. The largest absolute Gasteiger partial charge is 0.378 e. The molecule has 4 rings (SSSR count). The van der Waals surface area contributed by atoms with Crippen LogP contribution in [0, 0.1) is 0 Å². The van der Waals surface area contributed by atoms with Gasteiger partial charge in [0.2, 0.25) is 5.13 Å². The Morgan fingerprint density at radius 2 is 1.68 bits per heavy atom. The van der Waals surface area contributed by atoms with E-state index in [9.17, 15) is 8.42 Å². The van der Waals surface area contributed by atoms with Gasteiger partial charge in [-0.25, -0.2) is 4.98 Å². The molecule has 1 heterocycles. The number of hydrazone groups is 1. The lowest BCUT2D eigenvalue weighted by molar-refractivity contribution is 0.485. The van der Waals surface area contributed by atoms with Crippen molar-refractivity contribution in [1.29, 1.82) is 0 Å². The van der Waals surface area contributed by atoms with E-state index in [1.54, 1.807) is 42.5 Å².